The molecule has 2 aliphatic rings. The number of carbonyl (C=O) groups excluding carboxylic acids is 1. The van der Waals surface area contributed by atoms with E-state index in [0.29, 0.717) is 18.4 Å². The third kappa shape index (κ3) is 1.89. The fraction of sp³-hybridized carbons (Fsp3) is 0.462. The van der Waals surface area contributed by atoms with Gasteiger partial charge < -0.3 is 4.74 Å². The van der Waals surface area contributed by atoms with E-state index in [-0.39, 0.29) is 5.97 Å². The van der Waals surface area contributed by atoms with Gasteiger partial charge in [-0.25, -0.2) is 4.79 Å². The molecule has 0 aromatic carbocycles. The molecule has 2 heteroatoms. The van der Waals surface area contributed by atoms with E-state index < -0.39 is 0 Å². The summed E-state index contributed by atoms with van der Waals surface area (Å²) < 4.78 is 5.03. The maximum atomic E-state index is 11.4. The van der Waals surface area contributed by atoms with Gasteiger partial charge in [0.2, 0.25) is 0 Å². The molecule has 0 aromatic rings. The van der Waals surface area contributed by atoms with Crippen LogP contribution in [0.25, 0.3) is 0 Å². The topological polar surface area (TPSA) is 26.3 Å². The molecule has 0 aromatic heterocycles. The molecule has 1 heterocycles. The first-order chi connectivity index (χ1) is 7.08. The average Bonchev–Trinajstić information content (AvgIpc) is 2.42. The Morgan fingerprint density at radius 3 is 2.80 bits per heavy atom. The zero-order chi connectivity index (χ0) is 11.0. The molecule has 15 heavy (non-hydrogen) atoms. The Hall–Kier alpha value is -1.31. The highest BCUT2D eigenvalue weighted by Crippen LogP contribution is 2.29. The lowest BCUT2D eigenvalue weighted by molar-refractivity contribution is -0.135. The number of carbonyl (C=O) groups is 1. The number of cyclic esters (lactones) is 1. The van der Waals surface area contributed by atoms with Crippen molar-refractivity contribution in [1.82, 2.24) is 0 Å². The molecule has 80 valence electrons. The van der Waals surface area contributed by atoms with Crippen molar-refractivity contribution in [1.29, 1.82) is 0 Å². The van der Waals surface area contributed by atoms with Gasteiger partial charge >= 0.3 is 5.97 Å². The molecule has 0 N–H and O–H groups in total. The van der Waals surface area contributed by atoms with Crippen molar-refractivity contribution in [3.05, 3.63) is 34.9 Å². The fourth-order valence-electron chi connectivity index (χ4n) is 1.95. The highest BCUT2D eigenvalue weighted by Gasteiger charge is 2.26. The van der Waals surface area contributed by atoms with Gasteiger partial charge in [0, 0.05) is 5.57 Å². The van der Waals surface area contributed by atoms with E-state index in [0.717, 1.165) is 11.1 Å². The van der Waals surface area contributed by atoms with Crippen molar-refractivity contribution in [3.63, 3.8) is 0 Å². The standard InChI is InChI=1S/C13H16O2/c1-8(2)10-4-9(3)5-12-11(6-10)7-15-13(12)14/h4-6,8-9H,7H2,1-3H3. The number of ether oxygens (including phenoxy) is 1. The molecule has 0 spiro atoms. The summed E-state index contributed by atoms with van der Waals surface area (Å²) in [6, 6.07) is 0. The fourth-order valence-corrected chi connectivity index (χ4v) is 1.95. The molecular formula is C13H16O2. The van der Waals surface area contributed by atoms with Gasteiger partial charge in [-0.1, -0.05) is 39.0 Å². The van der Waals surface area contributed by atoms with E-state index in [1.54, 1.807) is 0 Å². The average molecular weight is 204 g/mol. The van der Waals surface area contributed by atoms with Gasteiger partial charge in [0.15, 0.2) is 0 Å². The summed E-state index contributed by atoms with van der Waals surface area (Å²) in [5.74, 6) is 0.617. The summed E-state index contributed by atoms with van der Waals surface area (Å²) in [5.41, 5.74) is 3.08. The molecule has 1 aliphatic heterocycles. The second-order valence-corrected chi connectivity index (χ2v) is 4.51. The van der Waals surface area contributed by atoms with Crippen LogP contribution in [0.4, 0.5) is 0 Å². The van der Waals surface area contributed by atoms with Gasteiger partial charge in [-0.2, -0.15) is 0 Å². The van der Waals surface area contributed by atoms with Crippen molar-refractivity contribution in [3.8, 4) is 0 Å². The quantitative estimate of drug-likeness (QED) is 0.614. The summed E-state index contributed by atoms with van der Waals surface area (Å²) in [6.45, 7) is 6.86. The van der Waals surface area contributed by atoms with Crippen LogP contribution in [0.2, 0.25) is 0 Å². The van der Waals surface area contributed by atoms with Crippen LogP contribution >= 0.6 is 0 Å². The number of allylic oxidation sites excluding steroid dienone is 4. The third-order valence-corrected chi connectivity index (χ3v) is 2.82. The number of fused-ring (bicyclic) bond motifs is 1. The van der Waals surface area contributed by atoms with E-state index in [1.165, 1.54) is 5.57 Å². The number of rotatable bonds is 1. The number of esters is 1. The van der Waals surface area contributed by atoms with E-state index in [9.17, 15) is 4.79 Å². The van der Waals surface area contributed by atoms with Crippen LogP contribution in [0.15, 0.2) is 34.9 Å². The van der Waals surface area contributed by atoms with E-state index in [1.807, 2.05) is 6.08 Å². The lowest BCUT2D eigenvalue weighted by Crippen LogP contribution is -1.97. The molecule has 1 saturated heterocycles. The Balaban J connectivity index is 2.42. The second kappa shape index (κ2) is 3.69. The SMILES string of the molecule is CC1C=C2C(=O)OCC2=CC(C(C)C)=C1. The molecule has 1 unspecified atom stereocenters. The van der Waals surface area contributed by atoms with Gasteiger partial charge in [0.1, 0.15) is 6.61 Å². The Morgan fingerprint density at radius 2 is 2.13 bits per heavy atom. The summed E-state index contributed by atoms with van der Waals surface area (Å²) in [6.07, 6.45) is 6.32. The normalized spacial score (nSPS) is 25.2. The molecular weight excluding hydrogens is 188 g/mol. The molecule has 0 bridgehead atoms. The second-order valence-electron chi connectivity index (χ2n) is 4.51. The summed E-state index contributed by atoms with van der Waals surface area (Å²) in [7, 11) is 0. The predicted molar refractivity (Wildman–Crippen MR) is 59.2 cm³/mol. The van der Waals surface area contributed by atoms with Gasteiger partial charge in [0.05, 0.1) is 5.57 Å². The lowest BCUT2D eigenvalue weighted by Gasteiger charge is -2.07. The Morgan fingerprint density at radius 1 is 1.40 bits per heavy atom. The van der Waals surface area contributed by atoms with Crippen molar-refractivity contribution in [2.45, 2.75) is 20.8 Å². The molecule has 2 rings (SSSR count). The Labute approximate surface area is 90.3 Å². The van der Waals surface area contributed by atoms with Crippen molar-refractivity contribution < 1.29 is 9.53 Å². The summed E-state index contributed by atoms with van der Waals surface area (Å²) in [5, 5.41) is 0. The smallest absolute Gasteiger partial charge is 0.338 e. The highest BCUT2D eigenvalue weighted by atomic mass is 16.5. The van der Waals surface area contributed by atoms with Gasteiger partial charge in [-0.3, -0.25) is 0 Å². The van der Waals surface area contributed by atoms with Crippen LogP contribution in [-0.4, -0.2) is 12.6 Å². The van der Waals surface area contributed by atoms with Crippen LogP contribution in [0.1, 0.15) is 20.8 Å². The van der Waals surface area contributed by atoms with Crippen LogP contribution in [0.5, 0.6) is 0 Å². The van der Waals surface area contributed by atoms with Crippen LogP contribution in [0, 0.1) is 11.8 Å². The molecule has 1 fully saturated rings. The first kappa shape index (κ1) is 10.2. The zero-order valence-corrected chi connectivity index (χ0v) is 9.41. The summed E-state index contributed by atoms with van der Waals surface area (Å²) >= 11 is 0. The first-order valence-electron chi connectivity index (χ1n) is 5.39. The van der Waals surface area contributed by atoms with E-state index >= 15 is 0 Å². The van der Waals surface area contributed by atoms with Crippen LogP contribution in [0.3, 0.4) is 0 Å². The van der Waals surface area contributed by atoms with Gasteiger partial charge in [-0.05, 0) is 17.4 Å². The molecule has 0 radical (unpaired) electrons. The van der Waals surface area contributed by atoms with E-state index in [2.05, 4.69) is 32.9 Å². The van der Waals surface area contributed by atoms with Gasteiger partial charge in [-0.15, -0.1) is 0 Å². The third-order valence-electron chi connectivity index (χ3n) is 2.82. The molecule has 0 saturated carbocycles. The van der Waals surface area contributed by atoms with Crippen molar-refractivity contribution in [2.75, 3.05) is 6.61 Å². The molecule has 2 nitrogen and oxygen atoms in total. The van der Waals surface area contributed by atoms with E-state index in [4.69, 9.17) is 4.74 Å². The lowest BCUT2D eigenvalue weighted by atomic mass is 9.98. The summed E-state index contributed by atoms with van der Waals surface area (Å²) in [4.78, 5) is 11.4. The largest absolute Gasteiger partial charge is 0.457 e. The molecule has 0 amide bonds. The molecule has 1 atom stereocenters. The van der Waals surface area contributed by atoms with Crippen molar-refractivity contribution in [2.24, 2.45) is 11.8 Å². The maximum Gasteiger partial charge on any atom is 0.338 e. The predicted octanol–water partition coefficient (Wildman–Crippen LogP) is 2.63. The first-order valence-corrected chi connectivity index (χ1v) is 5.39. The number of hydrogen-bond donors (Lipinski definition) is 0. The Bertz CT molecular complexity index is 383. The monoisotopic (exact) mass is 204 g/mol. The minimum Gasteiger partial charge on any atom is -0.457 e. The maximum absolute atomic E-state index is 11.4. The minimum atomic E-state index is -0.175. The van der Waals surface area contributed by atoms with Crippen LogP contribution < -0.4 is 0 Å². The minimum absolute atomic E-state index is 0.175. The van der Waals surface area contributed by atoms with Crippen LogP contribution in [-0.2, 0) is 9.53 Å². The highest BCUT2D eigenvalue weighted by molar-refractivity contribution is 5.96. The number of hydrogen-bond acceptors (Lipinski definition) is 2. The van der Waals surface area contributed by atoms with Crippen molar-refractivity contribution >= 4 is 5.97 Å². The zero-order valence-electron chi connectivity index (χ0n) is 9.41. The van der Waals surface area contributed by atoms with Gasteiger partial charge in [0.25, 0.3) is 0 Å². The molecule has 1 aliphatic carbocycles. The Kier molecular flexibility index (Phi) is 2.51.